The van der Waals surface area contributed by atoms with Crippen molar-refractivity contribution in [3.05, 3.63) is 59.4 Å². The van der Waals surface area contributed by atoms with Crippen molar-refractivity contribution in [1.29, 1.82) is 0 Å². The van der Waals surface area contributed by atoms with Crippen molar-refractivity contribution in [3.8, 4) is 0 Å². The number of rotatable bonds is 4. The van der Waals surface area contributed by atoms with Gasteiger partial charge in [0.2, 0.25) is 0 Å². The minimum absolute atomic E-state index is 0.0389. The molecule has 0 amide bonds. The van der Waals surface area contributed by atoms with Gasteiger partial charge in [0.1, 0.15) is 11.9 Å². The molecule has 0 aliphatic carbocycles. The molecule has 1 unspecified atom stereocenters. The Hall–Kier alpha value is -2.25. The molecule has 0 fully saturated rings. The molecule has 1 heterocycles. The minimum Gasteiger partial charge on any atom is -0.381 e. The first-order chi connectivity index (χ1) is 11.9. The summed E-state index contributed by atoms with van der Waals surface area (Å²) in [5.41, 5.74) is 1.33. The van der Waals surface area contributed by atoms with E-state index in [1.807, 2.05) is 0 Å². The molecular weight excluding hydrogens is 345 g/mol. The van der Waals surface area contributed by atoms with Gasteiger partial charge in [-0.05, 0) is 54.7 Å². The summed E-state index contributed by atoms with van der Waals surface area (Å²) in [6.07, 6.45) is 1.11. The van der Waals surface area contributed by atoms with Crippen LogP contribution in [-0.4, -0.2) is 26.4 Å². The molecule has 1 aliphatic heterocycles. The molecule has 7 heteroatoms. The van der Waals surface area contributed by atoms with E-state index in [9.17, 15) is 22.7 Å². The van der Waals surface area contributed by atoms with Crippen LogP contribution in [0.2, 0.25) is 0 Å². The number of hydrogen-bond donors (Lipinski definition) is 1. The quantitative estimate of drug-likeness (QED) is 0.848. The van der Waals surface area contributed by atoms with Gasteiger partial charge in [0.15, 0.2) is 6.29 Å². The monoisotopic (exact) mass is 363 g/mol. The summed E-state index contributed by atoms with van der Waals surface area (Å²) in [5.74, 6) is -0.494. The molecule has 0 bridgehead atoms. The molecule has 0 saturated carbocycles. The van der Waals surface area contributed by atoms with Gasteiger partial charge in [0, 0.05) is 6.54 Å². The maximum Gasteiger partial charge on any atom is 0.264 e. The first-order valence-corrected chi connectivity index (χ1v) is 9.42. The van der Waals surface area contributed by atoms with Gasteiger partial charge >= 0.3 is 0 Å². The van der Waals surface area contributed by atoms with Crippen LogP contribution in [-0.2, 0) is 21.2 Å². The maximum atomic E-state index is 13.7. The molecule has 0 aromatic heterocycles. The van der Waals surface area contributed by atoms with Gasteiger partial charge in [-0.3, -0.25) is 4.31 Å². The second-order valence-electron chi connectivity index (χ2n) is 5.96. The van der Waals surface area contributed by atoms with E-state index in [4.69, 9.17) is 0 Å². The van der Waals surface area contributed by atoms with Crippen LogP contribution >= 0.6 is 0 Å². The highest BCUT2D eigenvalue weighted by Gasteiger charge is 2.29. The number of benzene rings is 2. The number of anilines is 1. The summed E-state index contributed by atoms with van der Waals surface area (Å²) in [7, 11) is -3.94. The fourth-order valence-corrected chi connectivity index (χ4v) is 4.57. The third-order valence-corrected chi connectivity index (χ3v) is 6.10. The number of sulfonamides is 1. The number of nitrogens with zero attached hydrogens (tertiary/aromatic N) is 1. The average Bonchev–Trinajstić information content (AvgIpc) is 2.83. The predicted octanol–water partition coefficient (Wildman–Crippen LogP) is 2.59. The van der Waals surface area contributed by atoms with Crippen LogP contribution in [0.1, 0.15) is 30.1 Å². The number of aliphatic hydroxyl groups is 1. The molecule has 0 spiro atoms. The van der Waals surface area contributed by atoms with Crippen molar-refractivity contribution in [2.75, 3.05) is 10.8 Å². The van der Waals surface area contributed by atoms with Crippen LogP contribution < -0.4 is 4.31 Å². The van der Waals surface area contributed by atoms with Crippen molar-refractivity contribution < 1.29 is 22.7 Å². The Labute approximate surface area is 145 Å². The first kappa shape index (κ1) is 17.6. The zero-order chi connectivity index (χ0) is 18.0. The number of carbonyl (C=O) groups excluding carboxylic acids is 1. The van der Waals surface area contributed by atoms with Gasteiger partial charge in [0.05, 0.1) is 10.6 Å². The molecule has 5 nitrogen and oxygen atoms in total. The van der Waals surface area contributed by atoms with Gasteiger partial charge in [-0.2, -0.15) is 0 Å². The summed E-state index contributed by atoms with van der Waals surface area (Å²) in [4.78, 5) is 10.7. The predicted molar refractivity (Wildman–Crippen MR) is 91.3 cm³/mol. The lowest BCUT2D eigenvalue weighted by Gasteiger charge is -2.25. The van der Waals surface area contributed by atoms with Crippen molar-refractivity contribution >= 4 is 22.0 Å². The Bertz CT molecular complexity index is 898. The Morgan fingerprint density at radius 2 is 1.96 bits per heavy atom. The molecule has 1 atom stereocenters. The average molecular weight is 363 g/mol. The lowest BCUT2D eigenvalue weighted by atomic mass is 10.1. The van der Waals surface area contributed by atoms with Crippen molar-refractivity contribution in [3.63, 3.8) is 0 Å². The van der Waals surface area contributed by atoms with Crippen LogP contribution in [0.5, 0.6) is 0 Å². The maximum absolute atomic E-state index is 13.7. The smallest absolute Gasteiger partial charge is 0.264 e. The third-order valence-electron chi connectivity index (χ3n) is 4.29. The Balaban J connectivity index is 2.09. The summed E-state index contributed by atoms with van der Waals surface area (Å²) in [5, 5.41) is 9.64. The van der Waals surface area contributed by atoms with Crippen LogP contribution in [0.3, 0.4) is 0 Å². The minimum atomic E-state index is -3.94. The number of fused-ring (bicyclic) bond motifs is 1. The van der Waals surface area contributed by atoms with E-state index >= 15 is 0 Å². The third kappa shape index (κ3) is 3.43. The fourth-order valence-electron chi connectivity index (χ4n) is 2.99. The molecule has 3 rings (SSSR count). The van der Waals surface area contributed by atoms with Crippen LogP contribution in [0.15, 0.2) is 47.4 Å². The largest absolute Gasteiger partial charge is 0.381 e. The summed E-state index contributed by atoms with van der Waals surface area (Å²) in [6.45, 7) is 0.249. The van der Waals surface area contributed by atoms with E-state index < -0.39 is 21.9 Å². The molecule has 2 aromatic carbocycles. The van der Waals surface area contributed by atoms with Crippen molar-refractivity contribution in [2.45, 2.75) is 30.3 Å². The van der Waals surface area contributed by atoms with E-state index in [-0.39, 0.29) is 17.0 Å². The zero-order valence-electron chi connectivity index (χ0n) is 13.4. The second-order valence-corrected chi connectivity index (χ2v) is 7.82. The van der Waals surface area contributed by atoms with E-state index in [2.05, 4.69) is 0 Å². The van der Waals surface area contributed by atoms with Crippen LogP contribution in [0.4, 0.5) is 10.1 Å². The molecule has 25 heavy (non-hydrogen) atoms. The number of hydrogen-bond acceptors (Lipinski definition) is 4. The van der Waals surface area contributed by atoms with E-state index in [1.165, 1.54) is 40.7 Å². The normalized spacial score (nSPS) is 16.0. The molecule has 1 aliphatic rings. The van der Waals surface area contributed by atoms with Crippen molar-refractivity contribution in [2.24, 2.45) is 0 Å². The summed E-state index contributed by atoms with van der Waals surface area (Å²) >= 11 is 0. The number of halogens is 1. The van der Waals surface area contributed by atoms with Crippen molar-refractivity contribution in [1.82, 2.24) is 0 Å². The molecule has 0 saturated heterocycles. The van der Waals surface area contributed by atoms with E-state index in [0.717, 1.165) is 12.0 Å². The molecule has 0 radical (unpaired) electrons. The molecule has 1 N–H and O–H groups in total. The topological polar surface area (TPSA) is 74.7 Å². The molecule has 132 valence electrons. The van der Waals surface area contributed by atoms with Gasteiger partial charge in [-0.25, -0.2) is 12.8 Å². The first-order valence-electron chi connectivity index (χ1n) is 7.98. The number of carbonyl (C=O) groups is 1. The van der Waals surface area contributed by atoms with Gasteiger partial charge in [-0.1, -0.05) is 18.2 Å². The Kier molecular flexibility index (Phi) is 4.87. The molecular formula is C18H18FNO4S. The highest BCUT2D eigenvalue weighted by molar-refractivity contribution is 7.92. The fraction of sp³-hybridized carbons (Fsp3) is 0.278. The lowest BCUT2D eigenvalue weighted by molar-refractivity contribution is -0.115. The van der Waals surface area contributed by atoms with Gasteiger partial charge < -0.3 is 9.90 Å². The van der Waals surface area contributed by atoms with E-state index in [0.29, 0.717) is 24.8 Å². The Morgan fingerprint density at radius 3 is 2.72 bits per heavy atom. The van der Waals surface area contributed by atoms with Gasteiger partial charge in [0.25, 0.3) is 10.0 Å². The number of aryl methyl sites for hydroxylation is 1. The van der Waals surface area contributed by atoms with Crippen LogP contribution in [0, 0.1) is 5.82 Å². The SMILES string of the molecule is O=CC(O)c1cccc(S(=O)(=O)N2CCCCc3ccc(F)cc32)c1. The molecule has 2 aromatic rings. The number of aldehydes is 1. The number of aliphatic hydroxyl groups excluding tert-OH is 1. The van der Waals surface area contributed by atoms with Gasteiger partial charge in [-0.15, -0.1) is 0 Å². The zero-order valence-corrected chi connectivity index (χ0v) is 14.2. The highest BCUT2D eigenvalue weighted by atomic mass is 32.2. The lowest BCUT2D eigenvalue weighted by Crippen LogP contribution is -2.32. The summed E-state index contributed by atoms with van der Waals surface area (Å²) in [6, 6.07) is 9.81. The van der Waals surface area contributed by atoms with Crippen LogP contribution in [0.25, 0.3) is 0 Å². The Morgan fingerprint density at radius 1 is 1.16 bits per heavy atom. The highest BCUT2D eigenvalue weighted by Crippen LogP contribution is 2.32. The second kappa shape index (κ2) is 6.93. The summed E-state index contributed by atoms with van der Waals surface area (Å²) < 4.78 is 41.1. The standard InChI is InChI=1S/C18H18FNO4S/c19-15-8-7-13-4-1-2-9-20(17(13)11-15)25(23,24)16-6-3-5-14(10-16)18(22)12-21/h3,5-8,10-12,18,22H,1-2,4,9H2. The van der Waals surface area contributed by atoms with E-state index in [1.54, 1.807) is 6.07 Å².